The Labute approximate surface area is 250 Å². The molecule has 1 saturated heterocycles. The third-order valence-corrected chi connectivity index (χ3v) is 10.5. The van der Waals surface area contributed by atoms with Crippen LogP contribution in [0.25, 0.3) is 17.1 Å². The van der Waals surface area contributed by atoms with Crippen molar-refractivity contribution in [3.63, 3.8) is 0 Å². The highest BCUT2D eigenvalue weighted by atomic mass is 32.2. The predicted molar refractivity (Wildman–Crippen MR) is 163 cm³/mol. The second kappa shape index (κ2) is 11.1. The van der Waals surface area contributed by atoms with Crippen LogP contribution in [0.15, 0.2) is 60.0 Å². The Kier molecular flexibility index (Phi) is 7.27. The number of morpholine rings is 1. The molecule has 7 rings (SSSR count). The van der Waals surface area contributed by atoms with Gasteiger partial charge in [0.05, 0.1) is 18.6 Å². The number of anilines is 1. The summed E-state index contributed by atoms with van der Waals surface area (Å²) < 4.78 is 45.2. The first-order valence-electron chi connectivity index (χ1n) is 14.9. The fourth-order valence-electron chi connectivity index (χ4n) is 7.12. The van der Waals surface area contributed by atoms with Gasteiger partial charge in [0.1, 0.15) is 28.5 Å². The van der Waals surface area contributed by atoms with Crippen LogP contribution in [-0.2, 0) is 26.4 Å². The van der Waals surface area contributed by atoms with Crippen molar-refractivity contribution in [1.29, 1.82) is 0 Å². The van der Waals surface area contributed by atoms with E-state index in [2.05, 4.69) is 31.2 Å². The second-order valence-electron chi connectivity index (χ2n) is 11.9. The topological polar surface area (TPSA) is 113 Å². The molecule has 1 unspecified atom stereocenters. The summed E-state index contributed by atoms with van der Waals surface area (Å²) in [7, 11) is -3.70. The van der Waals surface area contributed by atoms with Crippen molar-refractivity contribution in [2.75, 3.05) is 37.9 Å². The monoisotopic (exact) mass is 602 g/mol. The third kappa shape index (κ3) is 5.23. The van der Waals surface area contributed by atoms with E-state index >= 15 is 4.39 Å². The smallest absolute Gasteiger partial charge is 0.178 e. The maximum absolute atomic E-state index is 15.3. The van der Waals surface area contributed by atoms with E-state index in [4.69, 9.17) is 9.72 Å². The molecular formula is C32H35FN6O3S. The maximum atomic E-state index is 15.3. The summed E-state index contributed by atoms with van der Waals surface area (Å²) in [6.07, 6.45) is 15.0. The Bertz CT molecular complexity index is 1780. The number of allylic oxidation sites excluding steroid dienone is 1. The number of H-pyrrole nitrogens is 1. The minimum absolute atomic E-state index is 0.308. The SMILES string of the molecule is CS(=O)(=O)c1ccc(C2(c3ccncc3)C=Cc3[nH]c4ncnc(N[C@H]5CC[C@H](N6CCOCC6)CC5)c4c3C2)cc1F. The number of benzene rings is 1. The molecular weight excluding hydrogens is 567 g/mol. The van der Waals surface area contributed by atoms with Crippen molar-refractivity contribution in [3.8, 4) is 0 Å². The average molecular weight is 603 g/mol. The first kappa shape index (κ1) is 28.1. The van der Waals surface area contributed by atoms with Crippen LogP contribution in [0.1, 0.15) is 48.1 Å². The van der Waals surface area contributed by atoms with Crippen LogP contribution in [0.5, 0.6) is 0 Å². The molecule has 11 heteroatoms. The molecule has 2 aliphatic carbocycles. The molecule has 9 nitrogen and oxygen atoms in total. The van der Waals surface area contributed by atoms with E-state index in [1.807, 2.05) is 18.2 Å². The number of halogens is 1. The zero-order valence-corrected chi connectivity index (χ0v) is 24.9. The van der Waals surface area contributed by atoms with Gasteiger partial charge in [-0.3, -0.25) is 9.88 Å². The van der Waals surface area contributed by atoms with Gasteiger partial charge in [0.2, 0.25) is 0 Å². The average Bonchev–Trinajstić information content (AvgIpc) is 3.40. The van der Waals surface area contributed by atoms with Gasteiger partial charge < -0.3 is 15.0 Å². The van der Waals surface area contributed by atoms with Gasteiger partial charge in [-0.2, -0.15) is 0 Å². The van der Waals surface area contributed by atoms with Crippen LogP contribution in [0, 0.1) is 5.82 Å². The van der Waals surface area contributed by atoms with Gasteiger partial charge in [-0.25, -0.2) is 22.8 Å². The van der Waals surface area contributed by atoms with Gasteiger partial charge in [-0.1, -0.05) is 12.1 Å². The van der Waals surface area contributed by atoms with Crippen molar-refractivity contribution in [2.45, 2.75) is 54.5 Å². The highest BCUT2D eigenvalue weighted by Gasteiger charge is 2.38. The number of ether oxygens (including phenoxy) is 1. The van der Waals surface area contributed by atoms with E-state index in [-0.39, 0.29) is 4.90 Å². The lowest BCUT2D eigenvalue weighted by atomic mass is 9.68. The first-order chi connectivity index (χ1) is 20.8. The molecule has 4 aromatic rings. The lowest BCUT2D eigenvalue weighted by Gasteiger charge is -2.39. The van der Waals surface area contributed by atoms with E-state index in [0.29, 0.717) is 24.1 Å². The fourth-order valence-corrected chi connectivity index (χ4v) is 7.84. The van der Waals surface area contributed by atoms with Crippen molar-refractivity contribution in [2.24, 2.45) is 0 Å². The Hall–Kier alpha value is -3.67. The van der Waals surface area contributed by atoms with Crippen LogP contribution in [0.3, 0.4) is 0 Å². The van der Waals surface area contributed by atoms with Crippen molar-refractivity contribution < 1.29 is 17.5 Å². The lowest BCUT2D eigenvalue weighted by molar-refractivity contribution is 0.00791. The van der Waals surface area contributed by atoms with Gasteiger partial charge >= 0.3 is 0 Å². The number of aromatic amines is 1. The van der Waals surface area contributed by atoms with E-state index in [1.54, 1.807) is 24.8 Å². The Morgan fingerprint density at radius 3 is 2.53 bits per heavy atom. The lowest BCUT2D eigenvalue weighted by Crippen LogP contribution is -2.46. The van der Waals surface area contributed by atoms with Gasteiger partial charge in [0.15, 0.2) is 9.84 Å². The zero-order chi connectivity index (χ0) is 29.6. The summed E-state index contributed by atoms with van der Waals surface area (Å²) in [5.74, 6) is 0.0415. The number of hydrogen-bond acceptors (Lipinski definition) is 8. The second-order valence-corrected chi connectivity index (χ2v) is 13.9. The quantitative estimate of drug-likeness (QED) is 0.332. The van der Waals surface area contributed by atoms with Crippen molar-refractivity contribution in [3.05, 3.63) is 83.3 Å². The molecule has 0 bridgehead atoms. The van der Waals surface area contributed by atoms with E-state index in [1.165, 1.54) is 12.1 Å². The normalized spacial score (nSPS) is 24.6. The highest BCUT2D eigenvalue weighted by molar-refractivity contribution is 7.90. The van der Waals surface area contributed by atoms with Crippen molar-refractivity contribution in [1.82, 2.24) is 24.8 Å². The first-order valence-corrected chi connectivity index (χ1v) is 16.7. The molecule has 0 amide bonds. The number of fused-ring (bicyclic) bond motifs is 3. The number of rotatable bonds is 6. The molecule has 2 N–H and O–H groups in total. The van der Waals surface area contributed by atoms with E-state index in [9.17, 15) is 8.42 Å². The molecule has 43 heavy (non-hydrogen) atoms. The molecule has 1 aliphatic heterocycles. The number of pyridine rings is 1. The molecule has 0 spiro atoms. The van der Waals surface area contributed by atoms with Crippen LogP contribution in [0.4, 0.5) is 10.2 Å². The zero-order valence-electron chi connectivity index (χ0n) is 24.1. The minimum Gasteiger partial charge on any atom is -0.379 e. The van der Waals surface area contributed by atoms with Crippen molar-refractivity contribution >= 4 is 32.8 Å². The Balaban J connectivity index is 1.23. The minimum atomic E-state index is -3.70. The molecule has 224 valence electrons. The summed E-state index contributed by atoms with van der Waals surface area (Å²) >= 11 is 0. The number of nitrogens with zero attached hydrogens (tertiary/aromatic N) is 4. The maximum Gasteiger partial charge on any atom is 0.178 e. The third-order valence-electron chi connectivity index (χ3n) is 9.36. The number of hydrogen-bond donors (Lipinski definition) is 2. The van der Waals surface area contributed by atoms with E-state index < -0.39 is 21.1 Å². The number of sulfone groups is 1. The van der Waals surface area contributed by atoms with Crippen LogP contribution in [-0.4, -0.2) is 77.9 Å². The molecule has 1 saturated carbocycles. The Morgan fingerprint density at radius 1 is 1.05 bits per heavy atom. The summed E-state index contributed by atoms with van der Waals surface area (Å²) in [6.45, 7) is 3.66. The number of nitrogens with one attached hydrogen (secondary N) is 2. The number of aromatic nitrogens is 4. The fraction of sp³-hybridized carbons (Fsp3) is 0.406. The van der Waals surface area contributed by atoms with Gasteiger partial charge in [-0.05, 0) is 79.1 Å². The van der Waals surface area contributed by atoms with E-state index in [0.717, 1.165) is 91.9 Å². The molecule has 3 aliphatic rings. The molecule has 0 radical (unpaired) electrons. The van der Waals surface area contributed by atoms with Gasteiger partial charge in [0.25, 0.3) is 0 Å². The Morgan fingerprint density at radius 2 is 1.81 bits per heavy atom. The largest absolute Gasteiger partial charge is 0.379 e. The molecule has 2 fully saturated rings. The predicted octanol–water partition coefficient (Wildman–Crippen LogP) is 4.51. The molecule has 1 atom stereocenters. The highest BCUT2D eigenvalue weighted by Crippen LogP contribution is 2.45. The molecule has 3 aromatic heterocycles. The summed E-state index contributed by atoms with van der Waals surface area (Å²) in [4.78, 5) is 19.2. The molecule has 4 heterocycles. The summed E-state index contributed by atoms with van der Waals surface area (Å²) in [6, 6.07) is 9.20. The summed E-state index contributed by atoms with van der Waals surface area (Å²) in [5.41, 5.74) is 3.55. The van der Waals surface area contributed by atoms with Crippen LogP contribution >= 0.6 is 0 Å². The summed E-state index contributed by atoms with van der Waals surface area (Å²) in [5, 5.41) is 4.68. The van der Waals surface area contributed by atoms with Gasteiger partial charge in [-0.15, -0.1) is 0 Å². The van der Waals surface area contributed by atoms with Crippen LogP contribution < -0.4 is 5.32 Å². The van der Waals surface area contributed by atoms with Crippen LogP contribution in [0.2, 0.25) is 0 Å². The molecule has 1 aromatic carbocycles. The van der Waals surface area contributed by atoms with Gasteiger partial charge in [0, 0.05) is 54.9 Å². The standard InChI is InChI=1S/C32H35FN6O3S/c1-43(40,41)28-7-2-22(18-26(28)33)32(21-9-12-34-13-10-21)11-8-27-25(19-32)29-30(35-20-36-31(29)38-27)37-23-3-5-24(6-4-23)39-14-16-42-17-15-39/h2,7-13,18,20,23-24H,3-6,14-17,19H2,1H3,(H2,35,36,37,38)/t23-,24-,32?.